The van der Waals surface area contributed by atoms with E-state index in [1.807, 2.05) is 0 Å². The molecule has 1 aliphatic carbocycles. The van der Waals surface area contributed by atoms with Crippen molar-refractivity contribution < 1.29 is 9.53 Å². The van der Waals surface area contributed by atoms with Crippen LogP contribution in [0.4, 0.5) is 0 Å². The van der Waals surface area contributed by atoms with Gasteiger partial charge < -0.3 is 15.0 Å². The first-order valence-electron chi connectivity index (χ1n) is 11.8. The highest BCUT2D eigenvalue weighted by Gasteiger charge is 2.49. The second kappa shape index (κ2) is 9.18. The first kappa shape index (κ1) is 20.9. The van der Waals surface area contributed by atoms with E-state index in [4.69, 9.17) is 4.74 Å². The molecule has 1 saturated carbocycles. The van der Waals surface area contributed by atoms with Gasteiger partial charge in [-0.05, 0) is 62.3 Å². The lowest BCUT2D eigenvalue weighted by Gasteiger charge is -2.41. The number of hydrogen-bond donors (Lipinski definition) is 1. The molecule has 0 bridgehead atoms. The fourth-order valence-electron chi connectivity index (χ4n) is 5.84. The summed E-state index contributed by atoms with van der Waals surface area (Å²) in [6.07, 6.45) is 7.55. The number of nitrogens with zero attached hydrogens (tertiary/aromatic N) is 1. The maximum Gasteiger partial charge on any atom is 0.229 e. The van der Waals surface area contributed by atoms with Gasteiger partial charge in [-0.25, -0.2) is 0 Å². The molecule has 1 aromatic carbocycles. The van der Waals surface area contributed by atoms with Crippen LogP contribution in [-0.2, 0) is 9.53 Å². The number of carbonyl (C=O) groups excluding carboxylic acids is 1. The van der Waals surface area contributed by atoms with Crippen LogP contribution in [-0.4, -0.2) is 49.2 Å². The van der Waals surface area contributed by atoms with Crippen molar-refractivity contribution in [1.29, 1.82) is 0 Å². The minimum atomic E-state index is -0.178. The highest BCUT2D eigenvalue weighted by molar-refractivity contribution is 5.83. The van der Waals surface area contributed by atoms with Gasteiger partial charge in [-0.1, -0.05) is 44.2 Å². The summed E-state index contributed by atoms with van der Waals surface area (Å²) in [5.74, 6) is 1.42. The molecule has 29 heavy (non-hydrogen) atoms. The van der Waals surface area contributed by atoms with Crippen LogP contribution < -0.4 is 5.32 Å². The van der Waals surface area contributed by atoms with Crippen molar-refractivity contribution in [3.63, 3.8) is 0 Å². The number of likely N-dealkylation sites (tertiary alicyclic amines) is 1. The van der Waals surface area contributed by atoms with Crippen molar-refractivity contribution in [2.75, 3.05) is 26.3 Å². The number of carbonyl (C=O) groups is 1. The Balaban J connectivity index is 1.37. The van der Waals surface area contributed by atoms with E-state index >= 15 is 0 Å². The fourth-order valence-corrected chi connectivity index (χ4v) is 5.84. The number of benzene rings is 1. The zero-order valence-electron chi connectivity index (χ0n) is 18.2. The number of rotatable bonds is 5. The van der Waals surface area contributed by atoms with Gasteiger partial charge in [0, 0.05) is 38.4 Å². The number of amides is 1. The molecule has 1 amide bonds. The van der Waals surface area contributed by atoms with Crippen LogP contribution in [0.15, 0.2) is 30.3 Å². The Morgan fingerprint density at radius 1 is 1.03 bits per heavy atom. The first-order valence-corrected chi connectivity index (χ1v) is 11.8. The van der Waals surface area contributed by atoms with Crippen LogP contribution in [0.1, 0.15) is 70.3 Å². The molecule has 4 nitrogen and oxygen atoms in total. The Labute approximate surface area is 176 Å². The van der Waals surface area contributed by atoms with Crippen LogP contribution in [0.5, 0.6) is 0 Å². The average molecular weight is 399 g/mol. The van der Waals surface area contributed by atoms with Gasteiger partial charge in [0.25, 0.3) is 0 Å². The van der Waals surface area contributed by atoms with Crippen molar-refractivity contribution in [3.8, 4) is 0 Å². The van der Waals surface area contributed by atoms with E-state index in [9.17, 15) is 4.79 Å². The summed E-state index contributed by atoms with van der Waals surface area (Å²) in [6, 6.07) is 11.9. The number of ether oxygens (including phenoxy) is 1. The van der Waals surface area contributed by atoms with Gasteiger partial charge in [0.05, 0.1) is 5.41 Å². The highest BCUT2D eigenvalue weighted by Crippen LogP contribution is 2.47. The number of nitrogens with one attached hydrogen (secondary N) is 1. The van der Waals surface area contributed by atoms with E-state index < -0.39 is 0 Å². The van der Waals surface area contributed by atoms with Gasteiger partial charge in [0.1, 0.15) is 0 Å². The Bertz CT molecular complexity index is 663. The molecule has 1 unspecified atom stereocenters. The van der Waals surface area contributed by atoms with Gasteiger partial charge >= 0.3 is 0 Å². The van der Waals surface area contributed by atoms with Gasteiger partial charge in [-0.15, -0.1) is 0 Å². The lowest BCUT2D eigenvalue weighted by Crippen LogP contribution is -2.49. The standard InChI is InChI=1S/C25H38N2O2/c1-19(2)25(13-8-23(18-25)26-22-11-16-29-17-12-22)24(28)27-14-9-21(10-15-27)20-6-4-3-5-7-20/h3-7,19,21-23,26H,8-18H2,1-2H3/t23?,25-/m0/s1. The van der Waals surface area contributed by atoms with E-state index in [0.29, 0.717) is 29.8 Å². The number of piperidine rings is 1. The predicted octanol–water partition coefficient (Wildman–Crippen LogP) is 4.36. The Hall–Kier alpha value is -1.39. The maximum atomic E-state index is 13.7. The fraction of sp³-hybridized carbons (Fsp3) is 0.720. The van der Waals surface area contributed by atoms with Crippen LogP contribution >= 0.6 is 0 Å². The smallest absolute Gasteiger partial charge is 0.229 e. The third-order valence-electron chi connectivity index (χ3n) is 7.83. The molecule has 1 aromatic rings. The van der Waals surface area contributed by atoms with Gasteiger partial charge in [0.15, 0.2) is 0 Å². The van der Waals surface area contributed by atoms with Crippen molar-refractivity contribution in [2.24, 2.45) is 11.3 Å². The molecule has 3 aliphatic rings. The largest absolute Gasteiger partial charge is 0.381 e. The van der Waals surface area contributed by atoms with Crippen LogP contribution in [0.3, 0.4) is 0 Å². The van der Waals surface area contributed by atoms with E-state index in [1.54, 1.807) is 0 Å². The van der Waals surface area contributed by atoms with Crippen molar-refractivity contribution >= 4 is 5.91 Å². The minimum Gasteiger partial charge on any atom is -0.381 e. The molecule has 4 heteroatoms. The van der Waals surface area contributed by atoms with Crippen molar-refractivity contribution in [1.82, 2.24) is 10.2 Å². The van der Waals surface area contributed by atoms with Crippen LogP contribution in [0, 0.1) is 11.3 Å². The third kappa shape index (κ3) is 4.54. The van der Waals surface area contributed by atoms with Crippen LogP contribution in [0.25, 0.3) is 0 Å². The summed E-state index contributed by atoms with van der Waals surface area (Å²) in [6.45, 7) is 8.07. The SMILES string of the molecule is CC(C)[C@]1(C(=O)N2CCC(c3ccccc3)CC2)CCC(NC2CCOCC2)C1. The summed E-state index contributed by atoms with van der Waals surface area (Å²) in [5, 5.41) is 3.86. The van der Waals surface area contributed by atoms with E-state index in [-0.39, 0.29) is 5.41 Å². The molecule has 1 N–H and O–H groups in total. The second-order valence-electron chi connectivity index (χ2n) is 9.78. The monoisotopic (exact) mass is 398 g/mol. The van der Waals surface area contributed by atoms with Crippen LogP contribution in [0.2, 0.25) is 0 Å². The molecule has 2 atom stereocenters. The number of hydrogen-bond acceptors (Lipinski definition) is 3. The highest BCUT2D eigenvalue weighted by atomic mass is 16.5. The minimum absolute atomic E-state index is 0.178. The third-order valence-corrected chi connectivity index (χ3v) is 7.83. The Morgan fingerprint density at radius 3 is 2.38 bits per heavy atom. The molecule has 0 radical (unpaired) electrons. The van der Waals surface area contributed by atoms with Gasteiger partial charge in [-0.3, -0.25) is 4.79 Å². The molecule has 160 valence electrons. The summed E-state index contributed by atoms with van der Waals surface area (Å²) in [7, 11) is 0. The molecular weight excluding hydrogens is 360 g/mol. The van der Waals surface area contributed by atoms with Gasteiger partial charge in [0.2, 0.25) is 5.91 Å². The lowest BCUT2D eigenvalue weighted by molar-refractivity contribution is -0.146. The molecule has 0 spiro atoms. The Morgan fingerprint density at radius 2 is 1.72 bits per heavy atom. The molecule has 2 aliphatic heterocycles. The predicted molar refractivity (Wildman–Crippen MR) is 117 cm³/mol. The van der Waals surface area contributed by atoms with Crippen molar-refractivity contribution in [3.05, 3.63) is 35.9 Å². The molecule has 3 fully saturated rings. The summed E-state index contributed by atoms with van der Waals surface area (Å²) in [5.41, 5.74) is 1.25. The molecule has 2 heterocycles. The average Bonchev–Trinajstić information content (AvgIpc) is 3.20. The zero-order valence-corrected chi connectivity index (χ0v) is 18.2. The molecule has 2 saturated heterocycles. The van der Waals surface area contributed by atoms with E-state index in [0.717, 1.165) is 71.2 Å². The molecular formula is C25H38N2O2. The summed E-state index contributed by atoms with van der Waals surface area (Å²) < 4.78 is 5.50. The topological polar surface area (TPSA) is 41.6 Å². The second-order valence-corrected chi connectivity index (χ2v) is 9.78. The zero-order chi connectivity index (χ0) is 20.3. The maximum absolute atomic E-state index is 13.7. The molecule has 0 aromatic heterocycles. The van der Waals surface area contributed by atoms with E-state index in [1.165, 1.54) is 5.56 Å². The normalized spacial score (nSPS) is 29.5. The Kier molecular flexibility index (Phi) is 6.60. The molecule has 4 rings (SSSR count). The van der Waals surface area contributed by atoms with E-state index in [2.05, 4.69) is 54.4 Å². The summed E-state index contributed by atoms with van der Waals surface area (Å²) in [4.78, 5) is 15.9. The quantitative estimate of drug-likeness (QED) is 0.801. The summed E-state index contributed by atoms with van der Waals surface area (Å²) >= 11 is 0. The lowest BCUT2D eigenvalue weighted by atomic mass is 9.73. The van der Waals surface area contributed by atoms with Gasteiger partial charge in [-0.2, -0.15) is 0 Å². The van der Waals surface area contributed by atoms with Crippen molar-refractivity contribution in [2.45, 2.75) is 76.8 Å². The first-order chi connectivity index (χ1) is 14.1.